The van der Waals surface area contributed by atoms with Gasteiger partial charge in [0.05, 0.1) is 0 Å². The SMILES string of the molecule is CC(=O)O.O=c1oc2ccccc2cc1O. The van der Waals surface area contributed by atoms with Crippen molar-refractivity contribution in [1.29, 1.82) is 0 Å². The number of carboxylic acid groups (broad SMARTS) is 1. The van der Waals surface area contributed by atoms with Crippen molar-refractivity contribution in [3.63, 3.8) is 0 Å². The van der Waals surface area contributed by atoms with Crippen molar-refractivity contribution in [2.45, 2.75) is 6.92 Å². The summed E-state index contributed by atoms with van der Waals surface area (Å²) in [6.45, 7) is 1.08. The van der Waals surface area contributed by atoms with Gasteiger partial charge < -0.3 is 14.6 Å². The van der Waals surface area contributed by atoms with Crippen molar-refractivity contribution in [2.75, 3.05) is 0 Å². The number of rotatable bonds is 0. The van der Waals surface area contributed by atoms with Gasteiger partial charge in [-0.2, -0.15) is 0 Å². The number of hydrogen-bond acceptors (Lipinski definition) is 4. The zero-order valence-corrected chi connectivity index (χ0v) is 8.51. The van der Waals surface area contributed by atoms with Crippen molar-refractivity contribution >= 4 is 16.9 Å². The molecule has 1 aromatic carbocycles. The number of aliphatic carboxylic acids is 1. The first kappa shape index (κ1) is 11.8. The van der Waals surface area contributed by atoms with Crippen LogP contribution in [0.3, 0.4) is 0 Å². The first-order chi connectivity index (χ1) is 7.50. The van der Waals surface area contributed by atoms with Gasteiger partial charge in [0.1, 0.15) is 5.58 Å². The smallest absolute Gasteiger partial charge is 0.378 e. The van der Waals surface area contributed by atoms with E-state index in [-0.39, 0.29) is 5.75 Å². The van der Waals surface area contributed by atoms with E-state index in [2.05, 4.69) is 0 Å². The summed E-state index contributed by atoms with van der Waals surface area (Å²) in [6.07, 6.45) is 0. The summed E-state index contributed by atoms with van der Waals surface area (Å²) in [4.78, 5) is 19.8. The van der Waals surface area contributed by atoms with Gasteiger partial charge in [0.2, 0.25) is 5.75 Å². The number of carbonyl (C=O) groups is 1. The van der Waals surface area contributed by atoms with Gasteiger partial charge in [-0.25, -0.2) is 4.79 Å². The average molecular weight is 222 g/mol. The van der Waals surface area contributed by atoms with Crippen LogP contribution in [0.4, 0.5) is 0 Å². The fraction of sp³-hybridized carbons (Fsp3) is 0.0909. The lowest BCUT2D eigenvalue weighted by atomic mass is 10.2. The van der Waals surface area contributed by atoms with E-state index >= 15 is 0 Å². The fourth-order valence-corrected chi connectivity index (χ4v) is 1.05. The molecule has 2 N–H and O–H groups in total. The number of aromatic hydroxyl groups is 1. The van der Waals surface area contributed by atoms with Crippen molar-refractivity contribution in [3.8, 4) is 5.75 Å². The number of carboxylic acids is 1. The molecule has 0 fully saturated rings. The highest BCUT2D eigenvalue weighted by atomic mass is 16.4. The average Bonchev–Trinajstić information content (AvgIpc) is 2.19. The molecule has 0 bridgehead atoms. The van der Waals surface area contributed by atoms with E-state index in [1.54, 1.807) is 18.2 Å². The minimum atomic E-state index is -0.833. The van der Waals surface area contributed by atoms with Crippen LogP contribution < -0.4 is 5.63 Å². The molecule has 5 heteroatoms. The molecule has 0 amide bonds. The lowest BCUT2D eigenvalue weighted by molar-refractivity contribution is -0.134. The second-order valence-corrected chi connectivity index (χ2v) is 2.98. The minimum Gasteiger partial charge on any atom is -0.502 e. The van der Waals surface area contributed by atoms with Crippen LogP contribution in [-0.2, 0) is 4.79 Å². The van der Waals surface area contributed by atoms with Crippen molar-refractivity contribution in [1.82, 2.24) is 0 Å². The molecule has 16 heavy (non-hydrogen) atoms. The molecule has 0 spiro atoms. The lowest BCUT2D eigenvalue weighted by Gasteiger charge is -1.94. The molecule has 0 saturated carbocycles. The van der Waals surface area contributed by atoms with Gasteiger partial charge in [0.25, 0.3) is 5.97 Å². The first-order valence-electron chi connectivity index (χ1n) is 4.42. The Morgan fingerprint density at radius 1 is 1.31 bits per heavy atom. The fourth-order valence-electron chi connectivity index (χ4n) is 1.05. The zero-order chi connectivity index (χ0) is 12.1. The Kier molecular flexibility index (Phi) is 3.66. The highest BCUT2D eigenvalue weighted by Gasteiger charge is 2.00. The summed E-state index contributed by atoms with van der Waals surface area (Å²) in [6, 6.07) is 8.40. The molecule has 0 atom stereocenters. The largest absolute Gasteiger partial charge is 0.502 e. The third kappa shape index (κ3) is 3.13. The topological polar surface area (TPSA) is 87.7 Å². The molecule has 0 unspecified atom stereocenters. The van der Waals surface area contributed by atoms with Gasteiger partial charge in [-0.15, -0.1) is 0 Å². The highest BCUT2D eigenvalue weighted by molar-refractivity contribution is 5.77. The van der Waals surface area contributed by atoms with Gasteiger partial charge >= 0.3 is 5.63 Å². The Morgan fingerprint density at radius 2 is 1.88 bits per heavy atom. The Balaban J connectivity index is 0.000000280. The third-order valence-corrected chi connectivity index (χ3v) is 1.62. The van der Waals surface area contributed by atoms with Crippen LogP contribution in [0.5, 0.6) is 5.75 Å². The number of fused-ring (bicyclic) bond motifs is 1. The summed E-state index contributed by atoms with van der Waals surface area (Å²) < 4.78 is 4.79. The zero-order valence-electron chi connectivity index (χ0n) is 8.51. The Labute approximate surface area is 90.6 Å². The predicted molar refractivity (Wildman–Crippen MR) is 57.5 cm³/mol. The van der Waals surface area contributed by atoms with Crippen LogP contribution in [0.1, 0.15) is 6.92 Å². The van der Waals surface area contributed by atoms with Crippen molar-refractivity contribution in [2.24, 2.45) is 0 Å². The van der Waals surface area contributed by atoms with Gasteiger partial charge in [-0.05, 0) is 12.1 Å². The van der Waals surface area contributed by atoms with E-state index < -0.39 is 11.6 Å². The van der Waals surface area contributed by atoms with Gasteiger partial charge in [-0.3, -0.25) is 4.79 Å². The summed E-state index contributed by atoms with van der Waals surface area (Å²) in [5, 5.41) is 17.1. The molecular formula is C11H10O5. The maximum Gasteiger partial charge on any atom is 0.378 e. The molecule has 0 aliphatic carbocycles. The monoisotopic (exact) mass is 222 g/mol. The van der Waals surface area contributed by atoms with Crippen molar-refractivity contribution < 1.29 is 19.4 Å². The minimum absolute atomic E-state index is 0.353. The number of hydrogen-bond donors (Lipinski definition) is 2. The predicted octanol–water partition coefficient (Wildman–Crippen LogP) is 1.59. The van der Waals surface area contributed by atoms with E-state index in [1.165, 1.54) is 6.07 Å². The summed E-state index contributed by atoms with van der Waals surface area (Å²) in [5.74, 6) is -1.19. The van der Waals surface area contributed by atoms with Crippen molar-refractivity contribution in [3.05, 3.63) is 40.8 Å². The maximum absolute atomic E-state index is 10.8. The van der Waals surface area contributed by atoms with Crippen LogP contribution >= 0.6 is 0 Å². The summed E-state index contributed by atoms with van der Waals surface area (Å²) >= 11 is 0. The first-order valence-corrected chi connectivity index (χ1v) is 4.42. The molecule has 2 aromatic rings. The van der Waals surface area contributed by atoms with E-state index in [9.17, 15) is 4.79 Å². The van der Waals surface area contributed by atoms with Crippen LogP contribution in [-0.4, -0.2) is 16.2 Å². The lowest BCUT2D eigenvalue weighted by Crippen LogP contribution is -1.96. The Hall–Kier alpha value is -2.30. The van der Waals surface area contributed by atoms with Gasteiger partial charge in [0, 0.05) is 12.3 Å². The maximum atomic E-state index is 10.8. The molecule has 0 saturated heterocycles. The summed E-state index contributed by atoms with van der Waals surface area (Å²) in [5.41, 5.74) is -0.214. The molecule has 0 radical (unpaired) electrons. The molecule has 1 heterocycles. The molecule has 0 aliphatic rings. The van der Waals surface area contributed by atoms with E-state index in [4.69, 9.17) is 19.4 Å². The number of benzene rings is 1. The van der Waals surface area contributed by atoms with Crippen LogP contribution in [0.2, 0.25) is 0 Å². The van der Waals surface area contributed by atoms with E-state index in [0.717, 1.165) is 12.3 Å². The standard InChI is InChI=1S/C9H6O3.C2H4O2/c10-7-5-6-3-1-2-4-8(6)12-9(7)11;1-2(3)4/h1-5,10H;1H3,(H,3,4). The molecule has 2 rings (SSSR count). The molecule has 84 valence electrons. The van der Waals surface area contributed by atoms with Crippen LogP contribution in [0.15, 0.2) is 39.5 Å². The van der Waals surface area contributed by atoms with E-state index in [1.807, 2.05) is 6.07 Å². The summed E-state index contributed by atoms with van der Waals surface area (Å²) in [7, 11) is 0. The van der Waals surface area contributed by atoms with Crippen LogP contribution in [0.25, 0.3) is 11.0 Å². The molecular weight excluding hydrogens is 212 g/mol. The molecule has 5 nitrogen and oxygen atoms in total. The molecule has 1 aromatic heterocycles. The van der Waals surface area contributed by atoms with E-state index in [0.29, 0.717) is 5.58 Å². The van der Waals surface area contributed by atoms with Gasteiger partial charge in [0.15, 0.2) is 0 Å². The Bertz CT molecular complexity index is 552. The van der Waals surface area contributed by atoms with Gasteiger partial charge in [-0.1, -0.05) is 18.2 Å². The quantitative estimate of drug-likeness (QED) is 0.661. The Morgan fingerprint density at radius 3 is 2.50 bits per heavy atom. The highest BCUT2D eigenvalue weighted by Crippen LogP contribution is 2.14. The normalized spacial score (nSPS) is 9.31. The third-order valence-electron chi connectivity index (χ3n) is 1.62. The number of para-hydroxylation sites is 1. The second-order valence-electron chi connectivity index (χ2n) is 2.98. The van der Waals surface area contributed by atoms with Crippen LogP contribution in [0, 0.1) is 0 Å². The second kappa shape index (κ2) is 4.97. The molecule has 0 aliphatic heterocycles.